The Balaban J connectivity index is 1.61. The number of allylic oxidation sites excluding steroid dienone is 1. The zero-order valence-corrected chi connectivity index (χ0v) is 8.54. The van der Waals surface area contributed by atoms with E-state index in [9.17, 15) is 4.39 Å². The summed E-state index contributed by atoms with van der Waals surface area (Å²) >= 11 is 2.07. The highest BCUT2D eigenvalue weighted by Gasteiger charge is 2.20. The predicted octanol–water partition coefficient (Wildman–Crippen LogP) is 3.26. The molecule has 1 atom stereocenters. The van der Waals surface area contributed by atoms with Gasteiger partial charge in [-0.25, -0.2) is 4.39 Å². The monoisotopic (exact) mass is 202 g/mol. The number of hydrogen-bond acceptors (Lipinski definition) is 2. The van der Waals surface area contributed by atoms with Crippen molar-refractivity contribution in [3.05, 3.63) is 11.6 Å². The standard InChI is InChI=1S/C10H15FOS/c11-9-7-12-10(9)5-1-3-8-4-2-6-13-8/h8H,1-7H2. The molecule has 0 N–H and O–H groups in total. The van der Waals surface area contributed by atoms with Crippen LogP contribution in [0.5, 0.6) is 0 Å². The van der Waals surface area contributed by atoms with Crippen LogP contribution in [0.4, 0.5) is 4.39 Å². The fourth-order valence-electron chi connectivity index (χ4n) is 1.80. The van der Waals surface area contributed by atoms with Gasteiger partial charge in [-0.05, 0) is 31.4 Å². The van der Waals surface area contributed by atoms with E-state index in [0.29, 0.717) is 5.76 Å². The largest absolute Gasteiger partial charge is 0.488 e. The highest BCUT2D eigenvalue weighted by Crippen LogP contribution is 2.31. The molecular weight excluding hydrogens is 187 g/mol. The molecule has 1 unspecified atom stereocenters. The van der Waals surface area contributed by atoms with Crippen molar-refractivity contribution in [2.45, 2.75) is 37.4 Å². The number of hydrogen-bond donors (Lipinski definition) is 0. The number of thioether (sulfide) groups is 1. The average Bonchev–Trinajstić information content (AvgIpc) is 2.62. The first kappa shape index (κ1) is 9.38. The molecule has 1 saturated heterocycles. The Morgan fingerprint density at radius 2 is 2.46 bits per heavy atom. The number of halogens is 1. The van der Waals surface area contributed by atoms with Gasteiger partial charge in [-0.1, -0.05) is 0 Å². The van der Waals surface area contributed by atoms with Gasteiger partial charge < -0.3 is 4.74 Å². The van der Waals surface area contributed by atoms with Crippen LogP contribution in [0.3, 0.4) is 0 Å². The molecule has 0 bridgehead atoms. The van der Waals surface area contributed by atoms with Crippen LogP contribution in [0.25, 0.3) is 0 Å². The number of rotatable bonds is 4. The molecule has 0 aromatic heterocycles. The molecule has 1 nitrogen and oxygen atoms in total. The fourth-order valence-corrected chi connectivity index (χ4v) is 3.13. The lowest BCUT2D eigenvalue weighted by Crippen LogP contribution is -2.11. The predicted molar refractivity (Wildman–Crippen MR) is 53.4 cm³/mol. The van der Waals surface area contributed by atoms with Crippen molar-refractivity contribution in [2.24, 2.45) is 0 Å². The molecule has 2 aliphatic heterocycles. The first-order chi connectivity index (χ1) is 6.36. The molecule has 0 aromatic carbocycles. The van der Waals surface area contributed by atoms with Gasteiger partial charge in [0.1, 0.15) is 12.4 Å². The van der Waals surface area contributed by atoms with E-state index >= 15 is 0 Å². The summed E-state index contributed by atoms with van der Waals surface area (Å²) in [6.07, 6.45) is 5.84. The molecule has 0 spiro atoms. The van der Waals surface area contributed by atoms with Gasteiger partial charge in [0, 0.05) is 11.7 Å². The molecule has 1 fully saturated rings. The maximum atomic E-state index is 12.6. The van der Waals surface area contributed by atoms with Gasteiger partial charge in [0.15, 0.2) is 5.83 Å². The molecule has 2 heterocycles. The number of ether oxygens (including phenoxy) is 1. The summed E-state index contributed by atoms with van der Waals surface area (Å²) in [5.41, 5.74) is 0. The molecule has 2 aliphatic rings. The van der Waals surface area contributed by atoms with Crippen molar-refractivity contribution in [2.75, 3.05) is 12.4 Å². The lowest BCUT2D eigenvalue weighted by molar-refractivity contribution is 0.131. The van der Waals surface area contributed by atoms with E-state index in [1.54, 1.807) is 0 Å². The molecule has 3 heteroatoms. The molecule has 0 radical (unpaired) electrons. The highest BCUT2D eigenvalue weighted by atomic mass is 32.2. The Morgan fingerprint density at radius 1 is 1.54 bits per heavy atom. The lowest BCUT2D eigenvalue weighted by Gasteiger charge is -2.19. The Labute approximate surface area is 82.7 Å². The van der Waals surface area contributed by atoms with Crippen molar-refractivity contribution >= 4 is 11.8 Å². The molecule has 0 amide bonds. The summed E-state index contributed by atoms with van der Waals surface area (Å²) in [5, 5.41) is 0.837. The normalized spacial score (nSPS) is 27.3. The molecule has 0 aromatic rings. The van der Waals surface area contributed by atoms with E-state index in [0.717, 1.165) is 18.1 Å². The van der Waals surface area contributed by atoms with E-state index < -0.39 is 0 Å². The Bertz CT molecular complexity index is 209. The van der Waals surface area contributed by atoms with E-state index in [4.69, 9.17) is 4.74 Å². The van der Waals surface area contributed by atoms with Gasteiger partial charge in [-0.15, -0.1) is 0 Å². The summed E-state index contributed by atoms with van der Waals surface area (Å²) in [6, 6.07) is 0. The van der Waals surface area contributed by atoms with Crippen LogP contribution in [0.2, 0.25) is 0 Å². The minimum atomic E-state index is -0.0286. The Hall–Kier alpha value is -0.180. The lowest BCUT2D eigenvalue weighted by atomic mass is 10.1. The summed E-state index contributed by atoms with van der Waals surface area (Å²) in [7, 11) is 0. The van der Waals surface area contributed by atoms with Crippen molar-refractivity contribution < 1.29 is 9.13 Å². The molecule has 0 aliphatic carbocycles. The molecule has 13 heavy (non-hydrogen) atoms. The molecular formula is C10H15FOS. The summed E-state index contributed by atoms with van der Waals surface area (Å²) in [6.45, 7) is 0.216. The first-order valence-corrected chi connectivity index (χ1v) is 6.03. The van der Waals surface area contributed by atoms with Gasteiger partial charge >= 0.3 is 0 Å². The zero-order chi connectivity index (χ0) is 9.10. The quantitative estimate of drug-likeness (QED) is 0.692. The maximum Gasteiger partial charge on any atom is 0.175 e. The van der Waals surface area contributed by atoms with Gasteiger partial charge in [0.2, 0.25) is 0 Å². The maximum absolute atomic E-state index is 12.6. The van der Waals surface area contributed by atoms with Gasteiger partial charge in [0.25, 0.3) is 0 Å². The topological polar surface area (TPSA) is 9.23 Å². The molecule has 2 rings (SSSR count). The zero-order valence-electron chi connectivity index (χ0n) is 7.72. The van der Waals surface area contributed by atoms with E-state index in [1.807, 2.05) is 0 Å². The van der Waals surface area contributed by atoms with Crippen LogP contribution < -0.4 is 0 Å². The third-order valence-corrected chi connectivity index (χ3v) is 4.10. The fraction of sp³-hybridized carbons (Fsp3) is 0.800. The van der Waals surface area contributed by atoms with Crippen molar-refractivity contribution in [3.63, 3.8) is 0 Å². The van der Waals surface area contributed by atoms with E-state index in [2.05, 4.69) is 11.8 Å². The van der Waals surface area contributed by atoms with Crippen molar-refractivity contribution in [1.29, 1.82) is 0 Å². The SMILES string of the molecule is FC1=C(CCCC2CCCS2)OC1. The first-order valence-electron chi connectivity index (χ1n) is 4.98. The van der Waals surface area contributed by atoms with Crippen LogP contribution >= 0.6 is 11.8 Å². The second kappa shape index (κ2) is 4.36. The van der Waals surface area contributed by atoms with Crippen LogP contribution in [0, 0.1) is 0 Å². The second-order valence-electron chi connectivity index (χ2n) is 3.64. The van der Waals surface area contributed by atoms with Gasteiger partial charge in [-0.2, -0.15) is 11.8 Å². The Morgan fingerprint density at radius 3 is 3.00 bits per heavy atom. The van der Waals surface area contributed by atoms with Crippen molar-refractivity contribution in [1.82, 2.24) is 0 Å². The van der Waals surface area contributed by atoms with Crippen LogP contribution in [-0.4, -0.2) is 17.6 Å². The third kappa shape index (κ3) is 2.39. The summed E-state index contributed by atoms with van der Waals surface area (Å²) in [4.78, 5) is 0. The third-order valence-electron chi connectivity index (χ3n) is 2.63. The summed E-state index contributed by atoms with van der Waals surface area (Å²) in [5.74, 6) is 1.90. The van der Waals surface area contributed by atoms with Gasteiger partial charge in [0.05, 0.1) is 0 Å². The van der Waals surface area contributed by atoms with Crippen LogP contribution in [-0.2, 0) is 4.74 Å². The minimum absolute atomic E-state index is 0.0286. The van der Waals surface area contributed by atoms with E-state index in [1.165, 1.54) is 25.0 Å². The second-order valence-corrected chi connectivity index (χ2v) is 5.05. The average molecular weight is 202 g/mol. The Kier molecular flexibility index (Phi) is 3.14. The summed E-state index contributed by atoms with van der Waals surface area (Å²) < 4.78 is 17.6. The van der Waals surface area contributed by atoms with Crippen molar-refractivity contribution in [3.8, 4) is 0 Å². The van der Waals surface area contributed by atoms with Crippen LogP contribution in [0.1, 0.15) is 32.1 Å². The van der Waals surface area contributed by atoms with Gasteiger partial charge in [-0.3, -0.25) is 0 Å². The molecule has 0 saturated carbocycles. The van der Waals surface area contributed by atoms with Crippen LogP contribution in [0.15, 0.2) is 11.6 Å². The minimum Gasteiger partial charge on any atom is -0.488 e. The van der Waals surface area contributed by atoms with E-state index in [-0.39, 0.29) is 12.4 Å². The highest BCUT2D eigenvalue weighted by molar-refractivity contribution is 8.00. The smallest absolute Gasteiger partial charge is 0.175 e. The molecule has 74 valence electrons.